The fourth-order valence-corrected chi connectivity index (χ4v) is 1.61. The minimum Gasteiger partial charge on any atom is -0.205 e. The van der Waals surface area contributed by atoms with Crippen molar-refractivity contribution in [3.63, 3.8) is 0 Å². The number of hydrogen-bond acceptors (Lipinski definition) is 0. The normalized spacial score (nSPS) is 10.2. The number of hydrogen-bond donors (Lipinski definition) is 0. The van der Waals surface area contributed by atoms with E-state index in [9.17, 15) is 4.39 Å². The molecule has 1 aromatic carbocycles. The summed E-state index contributed by atoms with van der Waals surface area (Å²) in [5.74, 6) is -0.151. The van der Waals surface area contributed by atoms with Gasteiger partial charge in [-0.2, -0.15) is 0 Å². The van der Waals surface area contributed by atoms with E-state index in [0.29, 0.717) is 10.0 Å². The van der Waals surface area contributed by atoms with E-state index in [2.05, 4.69) is 22.9 Å². The van der Waals surface area contributed by atoms with Gasteiger partial charge < -0.3 is 0 Å². The Morgan fingerprint density at radius 2 is 2.09 bits per heavy atom. The lowest BCUT2D eigenvalue weighted by Crippen LogP contribution is -1.88. The fourth-order valence-electron chi connectivity index (χ4n) is 1.00. The predicted molar refractivity (Wildman–Crippen MR) is 48.2 cm³/mol. The first-order valence-electron chi connectivity index (χ1n) is 3.59. The summed E-state index contributed by atoms with van der Waals surface area (Å²) in [5, 5.41) is 0. The van der Waals surface area contributed by atoms with E-state index in [-0.39, 0.29) is 5.82 Å². The van der Waals surface area contributed by atoms with Gasteiger partial charge >= 0.3 is 0 Å². The first-order chi connectivity index (χ1) is 5.15. The van der Waals surface area contributed by atoms with Crippen molar-refractivity contribution in [3.8, 4) is 0 Å². The second-order valence-electron chi connectivity index (χ2n) is 2.56. The Hall–Kier alpha value is -0.370. The first kappa shape index (κ1) is 8.72. The third kappa shape index (κ3) is 1.80. The molecule has 0 unspecified atom stereocenters. The summed E-state index contributed by atoms with van der Waals surface area (Å²) in [4.78, 5) is 0. The van der Waals surface area contributed by atoms with Gasteiger partial charge in [-0.3, -0.25) is 0 Å². The lowest BCUT2D eigenvalue weighted by atomic mass is 10.1. The molecule has 0 N–H and O–H groups in total. The minimum atomic E-state index is -0.151. The van der Waals surface area contributed by atoms with Gasteiger partial charge in [0.25, 0.3) is 0 Å². The molecule has 0 nitrogen and oxygen atoms in total. The zero-order valence-electron chi connectivity index (χ0n) is 6.62. The van der Waals surface area contributed by atoms with Gasteiger partial charge in [-0.05, 0) is 46.5 Å². The van der Waals surface area contributed by atoms with Crippen molar-refractivity contribution in [1.29, 1.82) is 0 Å². The number of aryl methyl sites for hydroxylation is 2. The largest absolute Gasteiger partial charge is 0.205 e. The predicted octanol–water partition coefficient (Wildman–Crippen LogP) is 3.46. The van der Waals surface area contributed by atoms with Gasteiger partial charge in [0, 0.05) is 0 Å². The summed E-state index contributed by atoms with van der Waals surface area (Å²) >= 11 is 3.16. The van der Waals surface area contributed by atoms with Crippen LogP contribution in [0.2, 0.25) is 0 Å². The zero-order chi connectivity index (χ0) is 8.43. The van der Waals surface area contributed by atoms with Crippen LogP contribution in [0.25, 0.3) is 0 Å². The Labute approximate surface area is 74.6 Å². The average Bonchev–Trinajstić information content (AvgIpc) is 1.99. The Kier molecular flexibility index (Phi) is 2.66. The molecule has 60 valence electrons. The number of benzene rings is 1. The Morgan fingerprint density at radius 3 is 2.55 bits per heavy atom. The van der Waals surface area contributed by atoms with Crippen LogP contribution in [-0.2, 0) is 6.42 Å². The van der Waals surface area contributed by atoms with Gasteiger partial charge in [-0.1, -0.05) is 13.0 Å². The molecule has 0 aromatic heterocycles. The average molecular weight is 217 g/mol. The second kappa shape index (κ2) is 3.35. The zero-order valence-corrected chi connectivity index (χ0v) is 8.20. The summed E-state index contributed by atoms with van der Waals surface area (Å²) in [7, 11) is 0. The van der Waals surface area contributed by atoms with Crippen LogP contribution in [0.15, 0.2) is 16.6 Å². The molecule has 0 aliphatic heterocycles. The number of rotatable bonds is 1. The van der Waals surface area contributed by atoms with E-state index in [0.717, 1.165) is 12.0 Å². The van der Waals surface area contributed by atoms with E-state index < -0.39 is 0 Å². The summed E-state index contributed by atoms with van der Waals surface area (Å²) < 4.78 is 13.6. The molecule has 0 radical (unpaired) electrons. The van der Waals surface area contributed by atoms with Crippen LogP contribution in [0.3, 0.4) is 0 Å². The first-order valence-corrected chi connectivity index (χ1v) is 4.39. The lowest BCUT2D eigenvalue weighted by Gasteiger charge is -2.02. The van der Waals surface area contributed by atoms with E-state index in [1.165, 1.54) is 0 Å². The molecule has 2 heteroatoms. The maximum Gasteiger partial charge on any atom is 0.140 e. The maximum absolute atomic E-state index is 13.0. The van der Waals surface area contributed by atoms with Gasteiger partial charge in [-0.15, -0.1) is 0 Å². The topological polar surface area (TPSA) is 0 Å². The number of halogens is 2. The molecule has 11 heavy (non-hydrogen) atoms. The standard InChI is InChI=1S/C9H10BrF/c1-3-7-4-6(2)9(11)8(10)5-7/h4-5H,3H2,1-2H3. The molecule has 0 saturated heterocycles. The molecule has 0 bridgehead atoms. The molecule has 0 spiro atoms. The Balaban J connectivity index is 3.21. The highest BCUT2D eigenvalue weighted by Crippen LogP contribution is 2.20. The van der Waals surface area contributed by atoms with Crippen LogP contribution >= 0.6 is 15.9 Å². The highest BCUT2D eigenvalue weighted by Gasteiger charge is 2.03. The van der Waals surface area contributed by atoms with Gasteiger partial charge in [-0.25, -0.2) is 4.39 Å². The van der Waals surface area contributed by atoms with E-state index in [1.54, 1.807) is 6.92 Å². The lowest BCUT2D eigenvalue weighted by molar-refractivity contribution is 0.611. The monoisotopic (exact) mass is 216 g/mol. The van der Waals surface area contributed by atoms with Crippen LogP contribution < -0.4 is 0 Å². The molecule has 0 aliphatic rings. The van der Waals surface area contributed by atoms with Crippen LogP contribution in [-0.4, -0.2) is 0 Å². The second-order valence-corrected chi connectivity index (χ2v) is 3.42. The van der Waals surface area contributed by atoms with Crippen LogP contribution in [0.5, 0.6) is 0 Å². The smallest absolute Gasteiger partial charge is 0.140 e. The van der Waals surface area contributed by atoms with Crippen molar-refractivity contribution in [1.82, 2.24) is 0 Å². The highest BCUT2D eigenvalue weighted by atomic mass is 79.9. The molecule has 0 atom stereocenters. The van der Waals surface area contributed by atoms with Crippen molar-refractivity contribution in [2.45, 2.75) is 20.3 Å². The van der Waals surface area contributed by atoms with Crippen LogP contribution in [0, 0.1) is 12.7 Å². The minimum absolute atomic E-state index is 0.151. The fraction of sp³-hybridized carbons (Fsp3) is 0.333. The summed E-state index contributed by atoms with van der Waals surface area (Å²) in [6, 6.07) is 3.70. The molecule has 1 rings (SSSR count). The van der Waals surface area contributed by atoms with Crippen LogP contribution in [0.1, 0.15) is 18.1 Å². The maximum atomic E-state index is 13.0. The van der Waals surface area contributed by atoms with Gasteiger partial charge in [0.2, 0.25) is 0 Å². The summed E-state index contributed by atoms with van der Waals surface area (Å²) in [6.07, 6.45) is 0.944. The molecule has 0 amide bonds. The highest BCUT2D eigenvalue weighted by molar-refractivity contribution is 9.10. The summed E-state index contributed by atoms with van der Waals surface area (Å²) in [5.41, 5.74) is 1.87. The van der Waals surface area contributed by atoms with Crippen molar-refractivity contribution >= 4 is 15.9 Å². The SMILES string of the molecule is CCc1cc(C)c(F)c(Br)c1. The quantitative estimate of drug-likeness (QED) is 0.675. The molecular formula is C9H10BrF. The summed E-state index contributed by atoms with van der Waals surface area (Å²) in [6.45, 7) is 3.83. The van der Waals surface area contributed by atoms with Gasteiger partial charge in [0.05, 0.1) is 4.47 Å². The molecule has 0 fully saturated rings. The van der Waals surface area contributed by atoms with Crippen molar-refractivity contribution in [2.24, 2.45) is 0 Å². The van der Waals surface area contributed by atoms with E-state index in [1.807, 2.05) is 12.1 Å². The third-order valence-electron chi connectivity index (χ3n) is 1.68. The van der Waals surface area contributed by atoms with E-state index in [4.69, 9.17) is 0 Å². The molecule has 0 heterocycles. The molecule has 0 saturated carbocycles. The van der Waals surface area contributed by atoms with Crippen molar-refractivity contribution < 1.29 is 4.39 Å². The third-order valence-corrected chi connectivity index (χ3v) is 2.26. The van der Waals surface area contributed by atoms with Crippen molar-refractivity contribution in [3.05, 3.63) is 33.5 Å². The van der Waals surface area contributed by atoms with E-state index >= 15 is 0 Å². The van der Waals surface area contributed by atoms with Crippen molar-refractivity contribution in [2.75, 3.05) is 0 Å². The van der Waals surface area contributed by atoms with Gasteiger partial charge in [0.15, 0.2) is 0 Å². The van der Waals surface area contributed by atoms with Crippen LogP contribution in [0.4, 0.5) is 4.39 Å². The molecular weight excluding hydrogens is 207 g/mol. The Morgan fingerprint density at radius 1 is 1.45 bits per heavy atom. The molecule has 1 aromatic rings. The Bertz CT molecular complexity index is 245. The molecule has 0 aliphatic carbocycles. The van der Waals surface area contributed by atoms with Gasteiger partial charge in [0.1, 0.15) is 5.82 Å².